The van der Waals surface area contributed by atoms with Crippen LogP contribution in [0.4, 0.5) is 0 Å². The fourth-order valence-corrected chi connectivity index (χ4v) is 3.08. The Bertz CT molecular complexity index is 228. The zero-order chi connectivity index (χ0) is 12.1. The van der Waals surface area contributed by atoms with Crippen molar-refractivity contribution in [2.45, 2.75) is 52.5 Å². The lowest BCUT2D eigenvalue weighted by Gasteiger charge is -2.29. The Balaban J connectivity index is 2.55. The van der Waals surface area contributed by atoms with Crippen molar-refractivity contribution in [2.75, 3.05) is 13.1 Å². The Hall–Kier alpha value is -0.150. The Kier molecular flexibility index (Phi) is 5.70. The van der Waals surface area contributed by atoms with E-state index in [1.165, 1.54) is 32.4 Å². The van der Waals surface area contributed by atoms with Crippen molar-refractivity contribution in [1.29, 1.82) is 0 Å². The molecule has 2 atom stereocenters. The molecule has 0 spiro atoms. The molecule has 0 radical (unpaired) electrons. The number of hydrogen-bond acceptors (Lipinski definition) is 2. The predicted octanol–water partition coefficient (Wildman–Crippen LogP) is 2.81. The molecule has 0 aromatic heterocycles. The van der Waals surface area contributed by atoms with E-state index in [2.05, 4.69) is 25.7 Å². The second-order valence-electron chi connectivity index (χ2n) is 5.30. The van der Waals surface area contributed by atoms with Gasteiger partial charge in [-0.05, 0) is 50.6 Å². The Morgan fingerprint density at radius 2 is 2.06 bits per heavy atom. The van der Waals surface area contributed by atoms with Crippen LogP contribution in [0.15, 0.2) is 0 Å². The molecular formula is C13H26N2S. The van der Waals surface area contributed by atoms with Crippen LogP contribution in [0.2, 0.25) is 0 Å². The molecule has 0 aromatic rings. The van der Waals surface area contributed by atoms with Crippen LogP contribution >= 0.6 is 12.2 Å². The van der Waals surface area contributed by atoms with Crippen LogP contribution in [0.1, 0.15) is 46.5 Å². The Morgan fingerprint density at radius 3 is 2.56 bits per heavy atom. The summed E-state index contributed by atoms with van der Waals surface area (Å²) in [5.74, 6) is 1.69. The van der Waals surface area contributed by atoms with E-state index in [-0.39, 0.29) is 0 Å². The van der Waals surface area contributed by atoms with E-state index >= 15 is 0 Å². The van der Waals surface area contributed by atoms with Crippen LogP contribution in [0, 0.1) is 11.8 Å². The second kappa shape index (κ2) is 6.55. The fraction of sp³-hybridized carbons (Fsp3) is 0.923. The molecule has 0 aliphatic carbocycles. The molecule has 2 nitrogen and oxygen atoms in total. The first-order chi connectivity index (χ1) is 7.56. The van der Waals surface area contributed by atoms with Gasteiger partial charge in [-0.2, -0.15) is 0 Å². The van der Waals surface area contributed by atoms with Gasteiger partial charge in [-0.25, -0.2) is 0 Å². The minimum atomic E-state index is 0.320. The molecule has 1 saturated heterocycles. The molecular weight excluding hydrogens is 216 g/mol. The van der Waals surface area contributed by atoms with Gasteiger partial charge in [0.25, 0.3) is 0 Å². The summed E-state index contributed by atoms with van der Waals surface area (Å²) < 4.78 is 0. The maximum Gasteiger partial charge on any atom is 0.0901 e. The van der Waals surface area contributed by atoms with E-state index in [0.717, 1.165) is 18.3 Å². The van der Waals surface area contributed by atoms with Crippen LogP contribution in [0.25, 0.3) is 0 Å². The van der Waals surface area contributed by atoms with Gasteiger partial charge >= 0.3 is 0 Å². The first-order valence-corrected chi connectivity index (χ1v) is 7.00. The number of nitrogens with two attached hydrogens (primary N) is 1. The molecule has 2 N–H and O–H groups in total. The van der Waals surface area contributed by atoms with E-state index < -0.39 is 0 Å². The summed E-state index contributed by atoms with van der Waals surface area (Å²) in [5, 5.41) is 0. The highest BCUT2D eigenvalue weighted by molar-refractivity contribution is 7.80. The lowest BCUT2D eigenvalue weighted by atomic mass is 9.89. The van der Waals surface area contributed by atoms with Gasteiger partial charge < -0.3 is 5.73 Å². The number of likely N-dealkylation sites (tertiary alicyclic amines) is 1. The van der Waals surface area contributed by atoms with Crippen molar-refractivity contribution >= 4 is 17.2 Å². The van der Waals surface area contributed by atoms with Crippen molar-refractivity contribution in [2.24, 2.45) is 17.6 Å². The molecule has 3 heteroatoms. The van der Waals surface area contributed by atoms with Gasteiger partial charge in [0.05, 0.1) is 11.0 Å². The Labute approximate surface area is 106 Å². The summed E-state index contributed by atoms with van der Waals surface area (Å²) in [4.78, 5) is 3.16. The maximum absolute atomic E-state index is 5.81. The normalized spacial score (nSPS) is 25.4. The van der Waals surface area contributed by atoms with E-state index in [1.54, 1.807) is 0 Å². The molecule has 2 unspecified atom stereocenters. The summed E-state index contributed by atoms with van der Waals surface area (Å²) in [6.07, 6.45) is 5.00. The number of thiocarbonyl (C=S) groups is 1. The molecule has 1 aliphatic heterocycles. The fourth-order valence-electron chi connectivity index (χ4n) is 2.76. The van der Waals surface area contributed by atoms with Crippen molar-refractivity contribution in [1.82, 2.24) is 4.90 Å². The van der Waals surface area contributed by atoms with Gasteiger partial charge in [0.2, 0.25) is 0 Å². The summed E-state index contributed by atoms with van der Waals surface area (Å²) in [6.45, 7) is 9.18. The molecule has 0 bridgehead atoms. The lowest BCUT2D eigenvalue weighted by Crippen LogP contribution is -2.44. The van der Waals surface area contributed by atoms with Gasteiger partial charge in [0.15, 0.2) is 0 Å². The minimum Gasteiger partial charge on any atom is -0.392 e. The highest BCUT2D eigenvalue weighted by atomic mass is 32.1. The van der Waals surface area contributed by atoms with Crippen LogP contribution < -0.4 is 5.73 Å². The van der Waals surface area contributed by atoms with Gasteiger partial charge in [-0.1, -0.05) is 33.0 Å². The molecule has 0 aromatic carbocycles. The zero-order valence-electron chi connectivity index (χ0n) is 10.9. The summed E-state index contributed by atoms with van der Waals surface area (Å²) in [5.41, 5.74) is 5.81. The summed E-state index contributed by atoms with van der Waals surface area (Å²) in [6, 6.07) is 0.320. The van der Waals surface area contributed by atoms with Gasteiger partial charge in [0.1, 0.15) is 0 Å². The number of hydrogen-bond donors (Lipinski definition) is 1. The first kappa shape index (κ1) is 13.9. The third-order valence-corrected chi connectivity index (χ3v) is 4.18. The molecule has 94 valence electrons. The smallest absolute Gasteiger partial charge is 0.0901 e. The topological polar surface area (TPSA) is 29.3 Å². The minimum absolute atomic E-state index is 0.320. The van der Waals surface area contributed by atoms with E-state index in [1.807, 2.05) is 0 Å². The quantitative estimate of drug-likeness (QED) is 0.769. The van der Waals surface area contributed by atoms with Crippen molar-refractivity contribution in [3.8, 4) is 0 Å². The summed E-state index contributed by atoms with van der Waals surface area (Å²) in [7, 11) is 0. The van der Waals surface area contributed by atoms with Gasteiger partial charge in [0, 0.05) is 0 Å². The molecule has 16 heavy (non-hydrogen) atoms. The molecule has 1 heterocycles. The average Bonchev–Trinajstić information content (AvgIpc) is 2.44. The SMILES string of the molecule is CCC(C(N)=S)N1CCCC(C(C)C)CC1. The molecule has 1 fully saturated rings. The predicted molar refractivity (Wildman–Crippen MR) is 74.6 cm³/mol. The average molecular weight is 242 g/mol. The monoisotopic (exact) mass is 242 g/mol. The van der Waals surface area contributed by atoms with E-state index in [0.29, 0.717) is 11.0 Å². The van der Waals surface area contributed by atoms with Crippen LogP contribution in [0.5, 0.6) is 0 Å². The lowest BCUT2D eigenvalue weighted by molar-refractivity contribution is 0.239. The van der Waals surface area contributed by atoms with Crippen molar-refractivity contribution in [3.63, 3.8) is 0 Å². The van der Waals surface area contributed by atoms with E-state index in [4.69, 9.17) is 18.0 Å². The number of nitrogens with zero attached hydrogens (tertiary/aromatic N) is 1. The van der Waals surface area contributed by atoms with E-state index in [9.17, 15) is 0 Å². The zero-order valence-corrected chi connectivity index (χ0v) is 11.7. The van der Waals surface area contributed by atoms with Crippen LogP contribution in [-0.2, 0) is 0 Å². The first-order valence-electron chi connectivity index (χ1n) is 6.59. The van der Waals surface area contributed by atoms with Crippen molar-refractivity contribution in [3.05, 3.63) is 0 Å². The molecule has 0 saturated carbocycles. The van der Waals surface area contributed by atoms with Crippen molar-refractivity contribution < 1.29 is 0 Å². The third kappa shape index (κ3) is 3.70. The highest BCUT2D eigenvalue weighted by Crippen LogP contribution is 2.25. The third-order valence-electron chi connectivity index (χ3n) is 3.91. The maximum atomic E-state index is 5.81. The van der Waals surface area contributed by atoms with Crippen LogP contribution in [0.3, 0.4) is 0 Å². The largest absolute Gasteiger partial charge is 0.392 e. The molecule has 0 amide bonds. The van der Waals surface area contributed by atoms with Gasteiger partial charge in [-0.15, -0.1) is 0 Å². The summed E-state index contributed by atoms with van der Waals surface area (Å²) >= 11 is 5.16. The number of rotatable bonds is 4. The van der Waals surface area contributed by atoms with Crippen LogP contribution in [-0.4, -0.2) is 29.0 Å². The molecule has 1 rings (SSSR count). The second-order valence-corrected chi connectivity index (χ2v) is 5.77. The molecule has 1 aliphatic rings. The standard InChI is InChI=1S/C13H26N2S/c1-4-12(13(14)16)15-8-5-6-11(7-9-15)10(2)3/h10-12H,4-9H2,1-3H3,(H2,14,16). The highest BCUT2D eigenvalue weighted by Gasteiger charge is 2.24. The Morgan fingerprint density at radius 1 is 1.38 bits per heavy atom. The van der Waals surface area contributed by atoms with Gasteiger partial charge in [-0.3, -0.25) is 4.90 Å².